The van der Waals surface area contributed by atoms with Crippen LogP contribution in [0.15, 0.2) is 80.8 Å². The molecule has 0 spiro atoms. The van der Waals surface area contributed by atoms with Crippen LogP contribution in [0.4, 0.5) is 0 Å². The van der Waals surface area contributed by atoms with Gasteiger partial charge in [-0.1, -0.05) is 100 Å². The summed E-state index contributed by atoms with van der Waals surface area (Å²) in [6.07, 6.45) is -22.5. The number of hydrogen-bond donors (Lipinski definition) is 2. The minimum absolute atomic E-state index is 0.146. The molecular weight excluding hydrogens is 1480 g/mol. The van der Waals surface area contributed by atoms with Gasteiger partial charge in [-0.2, -0.15) is 0 Å². The van der Waals surface area contributed by atoms with Crippen molar-refractivity contribution in [2.24, 2.45) is 0 Å². The van der Waals surface area contributed by atoms with Crippen LogP contribution in [0, 0.1) is 0 Å². The van der Waals surface area contributed by atoms with Crippen LogP contribution in [0.2, 0.25) is 5.04 Å². The van der Waals surface area contributed by atoms with Crippen LogP contribution in [-0.4, -0.2) is 212 Å². The molecule has 106 heavy (non-hydrogen) atoms. The first-order valence-corrected chi connectivity index (χ1v) is 39.0. The number of sulfone groups is 1. The molecule has 2 aliphatic rings. The van der Waals surface area contributed by atoms with Crippen molar-refractivity contribution in [3.63, 3.8) is 0 Å². The average Bonchev–Trinajstić information content (AvgIpc) is 1.32. The summed E-state index contributed by atoms with van der Waals surface area (Å²) in [7, 11) is -11.8. The molecule has 16 atom stereocenters. The molecule has 2 N–H and O–H groups in total. The minimum Gasteiger partial charge on any atom is -0.450 e. The number of esters is 13. The van der Waals surface area contributed by atoms with E-state index >= 15 is 0 Å². The lowest BCUT2D eigenvalue weighted by Gasteiger charge is -2.44. The summed E-state index contributed by atoms with van der Waals surface area (Å²) >= 11 is 0.460. The second-order valence-electron chi connectivity index (χ2n) is 25.4. The fourth-order valence-corrected chi connectivity index (χ4v) is 19.3. The number of nitrogens with one attached hydrogen (secondary N) is 2. The summed E-state index contributed by atoms with van der Waals surface area (Å²) in [6.45, 7) is 24.6. The van der Waals surface area contributed by atoms with Gasteiger partial charge in [-0.3, -0.25) is 4.79 Å². The van der Waals surface area contributed by atoms with Crippen LogP contribution < -0.4 is 20.4 Å². The van der Waals surface area contributed by atoms with E-state index in [1.165, 1.54) is 26.8 Å². The highest BCUT2D eigenvalue weighted by molar-refractivity contribution is 8.28. The first kappa shape index (κ1) is 89.3. The first-order chi connectivity index (χ1) is 49.1. The smallest absolute Gasteiger partial charge is 0.347 e. The molecule has 0 aliphatic carbocycles. The number of likely N-dealkylation sites (N-methyl/N-ethyl adjacent to an activating group) is 1. The zero-order valence-corrected chi connectivity index (χ0v) is 65.2. The summed E-state index contributed by atoms with van der Waals surface area (Å²) in [5, 5.41) is 3.49. The molecule has 0 bridgehead atoms. The molecule has 34 nitrogen and oxygen atoms in total. The molecule has 2 aromatic carbocycles. The average molecular weight is 1570 g/mol. The summed E-state index contributed by atoms with van der Waals surface area (Å²) < 4.78 is 126. The van der Waals surface area contributed by atoms with Gasteiger partial charge >= 0.3 is 77.6 Å². The zero-order chi connectivity index (χ0) is 80.4. The van der Waals surface area contributed by atoms with Crippen molar-refractivity contribution < 1.29 is 150 Å². The van der Waals surface area contributed by atoms with Crippen molar-refractivity contribution in [3.05, 3.63) is 80.8 Å². The molecule has 4 rings (SSSR count). The highest BCUT2D eigenvalue weighted by Crippen LogP contribution is 2.48. The highest BCUT2D eigenvalue weighted by Gasteiger charge is 2.52. The topological polar surface area (TPSA) is 461 Å². The number of benzene rings is 2. The van der Waals surface area contributed by atoms with Gasteiger partial charge in [-0.05, 0) is 144 Å². The van der Waals surface area contributed by atoms with Gasteiger partial charge in [0.05, 0.1) is 11.3 Å². The highest BCUT2D eigenvalue weighted by atomic mass is 32.3. The number of sulfonamides is 1. The zero-order valence-electron chi connectivity index (χ0n) is 61.8. The molecule has 2 aliphatic heterocycles. The van der Waals surface area contributed by atoms with E-state index < -0.39 is 218 Å². The molecule has 2 aromatic rings. The normalized spacial score (nSPS) is 18.8. The van der Waals surface area contributed by atoms with Gasteiger partial charge in [0, 0.05) is 0 Å². The maximum atomic E-state index is 13.5. The molecule has 0 saturated carbocycles. The van der Waals surface area contributed by atoms with Crippen molar-refractivity contribution in [1.29, 1.82) is 0 Å². The fraction of sp³-hybridized carbons (Fsp3) is 0.559. The Hall–Kier alpha value is -9.11. The molecule has 0 unspecified atom stereocenters. The molecule has 1 amide bonds. The summed E-state index contributed by atoms with van der Waals surface area (Å²) in [4.78, 5) is 181. The Bertz CT molecular complexity index is 3880. The number of amides is 1. The lowest BCUT2D eigenvalue weighted by molar-refractivity contribution is -0.190. The van der Waals surface area contributed by atoms with E-state index in [9.17, 15) is 84.0 Å². The Morgan fingerprint density at radius 3 is 0.925 bits per heavy atom. The number of hydrogen-bond acceptors (Lipinski definition) is 34. The number of thioether (sulfide) groups is 1. The Kier molecular flexibility index (Phi) is 32.4. The van der Waals surface area contributed by atoms with E-state index in [0.717, 1.165) is 93.5 Å². The SMILES string of the molecule is CCN[C@H]1C=C(S(=O)(=O)NC(=O)[C@H](C)OC(=O)[C@H](C)OC(=O)[C@H](C)OC(=O)[C@H](C)OC(=O)[C@H](C)OC(=O)[C@H](C)OC(=O)[C@H](C)OC(=O)[C@H](C)OC(=O)[C@H](C)OC(=O)[C@H](C)OC(=O)[C@H](C)OC(=O)[C@H](C)OC(=O)[C@H](C)OC(=O)[C@H](C)O[Si](c2ccccc2)(c2ccccc2)C(C)(C)C)SC2=C1C[C@H](C)S2(=O)=O. The molecule has 38 heteroatoms. The van der Waals surface area contributed by atoms with Crippen LogP contribution >= 0.6 is 11.8 Å². The maximum Gasteiger partial charge on any atom is 0.347 e. The van der Waals surface area contributed by atoms with Gasteiger partial charge < -0.3 is 71.3 Å². The third kappa shape index (κ3) is 23.9. The summed E-state index contributed by atoms with van der Waals surface area (Å²) in [6, 6.07) is 18.2. The van der Waals surface area contributed by atoms with Gasteiger partial charge in [0.15, 0.2) is 89.2 Å². The second-order valence-corrected chi connectivity index (χ2v) is 35.2. The third-order valence-corrected chi connectivity index (χ3v) is 26.5. The Balaban J connectivity index is 1.14. The lowest BCUT2D eigenvalue weighted by Crippen LogP contribution is -2.68. The predicted octanol–water partition coefficient (Wildman–Crippen LogP) is 2.49. The quantitative estimate of drug-likeness (QED) is 0.0568. The van der Waals surface area contributed by atoms with Gasteiger partial charge in [0.2, 0.25) is 0 Å². The minimum atomic E-state index is -4.71. The van der Waals surface area contributed by atoms with Crippen molar-refractivity contribution >= 4 is 134 Å². The lowest BCUT2D eigenvalue weighted by atomic mass is 10.0. The number of carbonyl (C=O) groups is 14. The van der Waals surface area contributed by atoms with E-state index in [2.05, 4.69) is 5.32 Å². The molecule has 0 saturated heterocycles. The molecular formula is C68H90N2O32S3Si. The Morgan fingerprint density at radius 1 is 0.434 bits per heavy atom. The molecule has 2 heterocycles. The standard InChI is InChI=1S/C68H90N2O32S3Si/c1-20-69-51-32-52(103-67-50(51)31-33(2)104(67,85)86)105(87,88)70-53(71)34(3)89-54(72)35(4)90-55(73)36(5)91-56(74)37(6)92-57(75)38(7)93-58(76)39(8)94-59(77)40(9)95-60(78)41(10)96-61(79)42(11)97-62(80)43(12)98-63(81)44(13)99-64(82)45(14)100-65(83)46(15)101-66(84)47(16)102-106(68(17,18)19,48-27-23-21-24-28-48)49-29-25-22-26-30-49/h21-30,32-47,51,69H,20,31H2,1-19H3,(H,70,71)/t33-,34-,35-,36-,37-,38-,39-,40-,41-,42-,43-,44-,45-,46-,47-,51-/m0/s1. The van der Waals surface area contributed by atoms with Crippen LogP contribution in [-0.2, 0) is 153 Å². The van der Waals surface area contributed by atoms with Crippen LogP contribution in [0.1, 0.15) is 138 Å². The van der Waals surface area contributed by atoms with E-state index in [1.807, 2.05) is 81.4 Å². The van der Waals surface area contributed by atoms with Crippen LogP contribution in [0.3, 0.4) is 0 Å². The van der Waals surface area contributed by atoms with Gasteiger partial charge in [-0.25, -0.2) is 83.9 Å². The summed E-state index contributed by atoms with van der Waals surface area (Å²) in [5.41, 5.74) is 0.485. The third-order valence-electron chi connectivity index (χ3n) is 15.6. The fourth-order valence-electron chi connectivity index (χ4n) is 9.57. The molecule has 586 valence electrons. The molecule has 0 aromatic heterocycles. The molecule has 0 radical (unpaired) electrons. The Labute approximate surface area is 617 Å². The summed E-state index contributed by atoms with van der Waals surface area (Å²) in [5.74, 6) is -18.0. The van der Waals surface area contributed by atoms with E-state index in [0.29, 0.717) is 23.9 Å². The predicted molar refractivity (Wildman–Crippen MR) is 371 cm³/mol. The van der Waals surface area contributed by atoms with Crippen molar-refractivity contribution in [2.45, 2.75) is 240 Å². The largest absolute Gasteiger partial charge is 0.450 e. The number of carbonyl (C=O) groups excluding carboxylic acids is 14. The number of ether oxygens (including phenoxy) is 13. The monoisotopic (exact) mass is 1570 g/mol. The molecule has 0 fully saturated rings. The van der Waals surface area contributed by atoms with Crippen LogP contribution in [0.25, 0.3) is 0 Å². The maximum absolute atomic E-state index is 13.5. The van der Waals surface area contributed by atoms with Gasteiger partial charge in [-0.15, -0.1) is 0 Å². The van der Waals surface area contributed by atoms with E-state index in [1.54, 1.807) is 11.6 Å². The van der Waals surface area contributed by atoms with E-state index in [4.69, 9.17) is 66.0 Å². The second kappa shape index (κ2) is 38.4. The Morgan fingerprint density at radius 2 is 0.679 bits per heavy atom. The first-order valence-electron chi connectivity index (χ1n) is 33.2. The van der Waals surface area contributed by atoms with E-state index in [-0.39, 0.29) is 10.7 Å². The van der Waals surface area contributed by atoms with Gasteiger partial charge in [0.1, 0.15) is 14.6 Å². The van der Waals surface area contributed by atoms with Crippen molar-refractivity contribution in [2.75, 3.05) is 6.54 Å². The van der Waals surface area contributed by atoms with Crippen molar-refractivity contribution in [1.82, 2.24) is 10.0 Å². The van der Waals surface area contributed by atoms with Crippen molar-refractivity contribution in [3.8, 4) is 0 Å². The number of rotatable bonds is 35. The van der Waals surface area contributed by atoms with Crippen LogP contribution in [0.5, 0.6) is 0 Å². The van der Waals surface area contributed by atoms with Gasteiger partial charge in [0.25, 0.3) is 24.2 Å².